The van der Waals surface area contributed by atoms with Gasteiger partial charge in [-0.15, -0.1) is 0 Å². The average molecular weight is 394 g/mol. The van der Waals surface area contributed by atoms with Gasteiger partial charge in [-0.25, -0.2) is 9.78 Å². The number of nitrogens with one attached hydrogen (secondary N) is 1. The number of H-pyrrole nitrogens is 1. The molecular formula is C21H22N4O4. The minimum atomic E-state index is -0.851. The normalized spacial score (nSPS) is 14.8. The summed E-state index contributed by atoms with van der Waals surface area (Å²) >= 11 is 0. The Morgan fingerprint density at radius 3 is 2.55 bits per heavy atom. The Morgan fingerprint density at radius 2 is 1.90 bits per heavy atom. The van der Waals surface area contributed by atoms with Crippen molar-refractivity contribution in [1.29, 1.82) is 0 Å². The highest BCUT2D eigenvalue weighted by Gasteiger charge is 2.22. The molecule has 1 aromatic heterocycles. The van der Waals surface area contributed by atoms with Crippen LogP contribution in [0.3, 0.4) is 0 Å². The number of aromatic amines is 1. The van der Waals surface area contributed by atoms with Gasteiger partial charge in [-0.2, -0.15) is 0 Å². The zero-order valence-electron chi connectivity index (χ0n) is 15.8. The number of carbonyl (C=O) groups excluding carboxylic acids is 1. The maximum atomic E-state index is 11.3. The van der Waals surface area contributed by atoms with Crippen LogP contribution in [0.25, 0.3) is 22.4 Å². The van der Waals surface area contributed by atoms with Crippen molar-refractivity contribution in [3.8, 4) is 17.1 Å². The maximum Gasteiger partial charge on any atom is 0.407 e. The van der Waals surface area contributed by atoms with Crippen molar-refractivity contribution in [3.05, 3.63) is 48.0 Å². The topological polar surface area (TPSA) is 122 Å². The number of fused-ring (bicyclic) bond motifs is 1. The number of carbonyl (C=O) groups is 2. The second-order valence-corrected chi connectivity index (χ2v) is 7.23. The minimum Gasteiger partial charge on any atom is -0.493 e. The molecule has 4 rings (SSSR count). The van der Waals surface area contributed by atoms with Gasteiger partial charge in [-0.05, 0) is 61.2 Å². The van der Waals surface area contributed by atoms with Crippen molar-refractivity contribution in [2.75, 3.05) is 19.7 Å². The quantitative estimate of drug-likeness (QED) is 0.614. The lowest BCUT2D eigenvalue weighted by atomic mass is 9.98. The van der Waals surface area contributed by atoms with Crippen LogP contribution in [0.15, 0.2) is 42.5 Å². The Bertz CT molecular complexity index is 1040. The van der Waals surface area contributed by atoms with E-state index in [1.54, 1.807) is 18.2 Å². The highest BCUT2D eigenvalue weighted by atomic mass is 16.5. The Morgan fingerprint density at radius 1 is 1.17 bits per heavy atom. The standard InChI is InChI=1S/C21H22N4O4/c22-19(26)15-3-6-17-18(11-15)24-20(23-17)14-1-4-16(5-2-14)29-12-13-7-9-25(10-8-13)21(27)28/h1-6,11,13H,7-10,12H2,(H2,22,26)(H,23,24)(H,27,28). The van der Waals surface area contributed by atoms with Gasteiger partial charge in [0.1, 0.15) is 11.6 Å². The van der Waals surface area contributed by atoms with Crippen LogP contribution in [-0.4, -0.2) is 51.7 Å². The zero-order chi connectivity index (χ0) is 20.4. The van der Waals surface area contributed by atoms with Gasteiger partial charge in [0.15, 0.2) is 0 Å². The molecule has 1 fully saturated rings. The number of nitrogens with zero attached hydrogens (tertiary/aromatic N) is 2. The lowest BCUT2D eigenvalue weighted by Gasteiger charge is -2.29. The van der Waals surface area contributed by atoms with E-state index in [1.807, 2.05) is 24.3 Å². The van der Waals surface area contributed by atoms with E-state index in [4.69, 9.17) is 15.6 Å². The highest BCUT2D eigenvalue weighted by molar-refractivity contribution is 5.96. The van der Waals surface area contributed by atoms with Crippen LogP contribution in [0.2, 0.25) is 0 Å². The summed E-state index contributed by atoms with van der Waals surface area (Å²) in [6, 6.07) is 12.8. The summed E-state index contributed by atoms with van der Waals surface area (Å²) in [5, 5.41) is 9.00. The Labute approximate surface area is 167 Å². The average Bonchev–Trinajstić information content (AvgIpc) is 3.16. The van der Waals surface area contributed by atoms with Gasteiger partial charge in [-0.1, -0.05) is 0 Å². The summed E-state index contributed by atoms with van der Waals surface area (Å²) in [6.45, 7) is 1.70. The fraction of sp³-hybridized carbons (Fsp3) is 0.286. The van der Waals surface area contributed by atoms with Crippen molar-refractivity contribution >= 4 is 23.0 Å². The van der Waals surface area contributed by atoms with E-state index >= 15 is 0 Å². The van der Waals surface area contributed by atoms with Crippen LogP contribution in [0.4, 0.5) is 4.79 Å². The number of carboxylic acid groups (broad SMARTS) is 1. The zero-order valence-corrected chi connectivity index (χ0v) is 15.8. The molecule has 29 heavy (non-hydrogen) atoms. The smallest absolute Gasteiger partial charge is 0.407 e. The molecule has 0 unspecified atom stereocenters. The Hall–Kier alpha value is -3.55. The lowest BCUT2D eigenvalue weighted by molar-refractivity contribution is 0.1000. The summed E-state index contributed by atoms with van der Waals surface area (Å²) < 4.78 is 5.89. The molecule has 4 N–H and O–H groups in total. The maximum absolute atomic E-state index is 11.3. The molecule has 1 aliphatic heterocycles. The van der Waals surface area contributed by atoms with Crippen LogP contribution < -0.4 is 10.5 Å². The Balaban J connectivity index is 1.38. The molecule has 8 heteroatoms. The van der Waals surface area contributed by atoms with E-state index in [1.165, 1.54) is 4.90 Å². The first-order chi connectivity index (χ1) is 14.0. The third-order valence-corrected chi connectivity index (χ3v) is 5.27. The molecule has 2 heterocycles. The van der Waals surface area contributed by atoms with Gasteiger partial charge in [0, 0.05) is 24.2 Å². The second kappa shape index (κ2) is 7.83. The van der Waals surface area contributed by atoms with Crippen LogP contribution in [-0.2, 0) is 0 Å². The fourth-order valence-corrected chi connectivity index (χ4v) is 3.51. The monoisotopic (exact) mass is 394 g/mol. The predicted octanol–water partition coefficient (Wildman–Crippen LogP) is 3.10. The van der Waals surface area contributed by atoms with Crippen LogP contribution >= 0.6 is 0 Å². The summed E-state index contributed by atoms with van der Waals surface area (Å²) in [5.74, 6) is 1.35. The fourth-order valence-electron chi connectivity index (χ4n) is 3.51. The lowest BCUT2D eigenvalue weighted by Crippen LogP contribution is -2.38. The number of amides is 2. The molecule has 0 spiro atoms. The van der Waals surface area contributed by atoms with Crippen molar-refractivity contribution in [2.24, 2.45) is 11.7 Å². The molecule has 8 nitrogen and oxygen atoms in total. The number of piperidine rings is 1. The summed E-state index contributed by atoms with van der Waals surface area (Å²) in [4.78, 5) is 31.5. The molecule has 2 amide bonds. The highest BCUT2D eigenvalue weighted by Crippen LogP contribution is 2.25. The van der Waals surface area contributed by atoms with Crippen molar-refractivity contribution in [3.63, 3.8) is 0 Å². The number of imidazole rings is 1. The van der Waals surface area contributed by atoms with Gasteiger partial charge < -0.3 is 25.5 Å². The predicted molar refractivity (Wildman–Crippen MR) is 108 cm³/mol. The number of rotatable bonds is 5. The van der Waals surface area contributed by atoms with E-state index < -0.39 is 12.0 Å². The van der Waals surface area contributed by atoms with E-state index in [0.29, 0.717) is 42.5 Å². The molecule has 0 saturated carbocycles. The molecule has 1 aliphatic rings. The molecule has 3 aromatic rings. The largest absolute Gasteiger partial charge is 0.493 e. The number of hydrogen-bond acceptors (Lipinski definition) is 4. The van der Waals surface area contributed by atoms with Crippen LogP contribution in [0.1, 0.15) is 23.2 Å². The van der Waals surface area contributed by atoms with Crippen molar-refractivity contribution < 1.29 is 19.4 Å². The third-order valence-electron chi connectivity index (χ3n) is 5.27. The molecule has 150 valence electrons. The first-order valence-electron chi connectivity index (χ1n) is 9.50. The summed E-state index contributed by atoms with van der Waals surface area (Å²) in [7, 11) is 0. The van der Waals surface area contributed by atoms with Crippen LogP contribution in [0, 0.1) is 5.92 Å². The van der Waals surface area contributed by atoms with Crippen LogP contribution in [0.5, 0.6) is 5.75 Å². The first-order valence-corrected chi connectivity index (χ1v) is 9.50. The number of benzene rings is 2. The summed E-state index contributed by atoms with van der Waals surface area (Å²) in [5.41, 5.74) is 8.17. The first kappa shape index (κ1) is 18.8. The number of likely N-dealkylation sites (tertiary alicyclic amines) is 1. The number of aromatic nitrogens is 2. The minimum absolute atomic E-state index is 0.361. The SMILES string of the molecule is NC(=O)c1ccc2[nH]c(-c3ccc(OCC4CCN(C(=O)O)CC4)cc3)nc2c1. The van der Waals surface area contributed by atoms with Gasteiger partial charge in [0.2, 0.25) is 5.91 Å². The van der Waals surface area contributed by atoms with Crippen molar-refractivity contribution in [2.45, 2.75) is 12.8 Å². The number of ether oxygens (including phenoxy) is 1. The third kappa shape index (κ3) is 4.16. The van der Waals surface area contributed by atoms with E-state index in [-0.39, 0.29) is 0 Å². The molecule has 0 aliphatic carbocycles. The number of nitrogens with two attached hydrogens (primary N) is 1. The van der Waals surface area contributed by atoms with Gasteiger partial charge in [-0.3, -0.25) is 4.79 Å². The molecule has 1 saturated heterocycles. The second-order valence-electron chi connectivity index (χ2n) is 7.23. The molecular weight excluding hydrogens is 372 g/mol. The molecule has 0 atom stereocenters. The van der Waals surface area contributed by atoms with Gasteiger partial charge >= 0.3 is 6.09 Å². The number of hydrogen-bond donors (Lipinski definition) is 3. The van der Waals surface area contributed by atoms with E-state index in [9.17, 15) is 9.59 Å². The number of primary amides is 1. The molecule has 2 aromatic carbocycles. The molecule has 0 radical (unpaired) electrons. The van der Waals surface area contributed by atoms with Gasteiger partial charge in [0.25, 0.3) is 0 Å². The van der Waals surface area contributed by atoms with Crippen molar-refractivity contribution in [1.82, 2.24) is 14.9 Å². The van der Waals surface area contributed by atoms with Gasteiger partial charge in [0.05, 0.1) is 17.6 Å². The molecule has 0 bridgehead atoms. The Kier molecular flexibility index (Phi) is 5.07. The van der Waals surface area contributed by atoms with E-state index in [2.05, 4.69) is 9.97 Å². The summed E-state index contributed by atoms with van der Waals surface area (Å²) in [6.07, 6.45) is 0.782. The van der Waals surface area contributed by atoms with E-state index in [0.717, 1.165) is 29.7 Å².